The number of aromatic nitrogens is 1. The van der Waals surface area contributed by atoms with Crippen LogP contribution in [0.3, 0.4) is 0 Å². The molecular formula is C22H29N5O2. The molecule has 2 N–H and O–H groups in total. The van der Waals surface area contributed by atoms with Crippen LogP contribution in [0, 0.1) is 0 Å². The lowest BCUT2D eigenvalue weighted by Gasteiger charge is -2.28. The Bertz CT molecular complexity index is 802. The highest BCUT2D eigenvalue weighted by atomic mass is 16.2. The van der Waals surface area contributed by atoms with E-state index in [0.29, 0.717) is 12.2 Å². The van der Waals surface area contributed by atoms with Crippen molar-refractivity contribution in [2.45, 2.75) is 25.4 Å². The zero-order chi connectivity index (χ0) is 20.6. The van der Waals surface area contributed by atoms with Crippen LogP contribution in [0.15, 0.2) is 48.7 Å². The van der Waals surface area contributed by atoms with Crippen molar-refractivity contribution in [1.82, 2.24) is 20.5 Å². The molecule has 2 aromatic rings. The van der Waals surface area contributed by atoms with E-state index in [4.69, 9.17) is 0 Å². The van der Waals surface area contributed by atoms with Crippen LogP contribution >= 0.6 is 0 Å². The van der Waals surface area contributed by atoms with Crippen molar-refractivity contribution in [3.8, 4) is 0 Å². The largest absolute Gasteiger partial charge is 0.378 e. The van der Waals surface area contributed by atoms with Crippen molar-refractivity contribution in [3.63, 3.8) is 0 Å². The van der Waals surface area contributed by atoms with E-state index in [1.165, 1.54) is 0 Å². The molecule has 1 aliphatic heterocycles. The fraction of sp³-hybridized carbons (Fsp3) is 0.409. The van der Waals surface area contributed by atoms with Gasteiger partial charge in [-0.15, -0.1) is 0 Å². The lowest BCUT2D eigenvalue weighted by Crippen LogP contribution is -2.43. The van der Waals surface area contributed by atoms with Crippen LogP contribution in [-0.2, 0) is 16.1 Å². The number of carbonyl (C=O) groups excluding carboxylic acids is 2. The number of hydrogen-bond acceptors (Lipinski definition) is 5. The molecule has 1 atom stereocenters. The molecule has 0 unspecified atom stereocenters. The fourth-order valence-corrected chi connectivity index (χ4v) is 3.53. The molecule has 1 saturated heterocycles. The summed E-state index contributed by atoms with van der Waals surface area (Å²) in [4.78, 5) is 33.0. The number of pyridine rings is 1. The first-order valence-corrected chi connectivity index (χ1v) is 10.0. The van der Waals surface area contributed by atoms with E-state index in [1.54, 1.807) is 12.3 Å². The maximum Gasteiger partial charge on any atom is 0.309 e. The normalized spacial score (nSPS) is 15.0. The Kier molecular flexibility index (Phi) is 7.19. The summed E-state index contributed by atoms with van der Waals surface area (Å²) >= 11 is 0. The molecule has 2 heterocycles. The summed E-state index contributed by atoms with van der Waals surface area (Å²) in [5.41, 5.74) is 2.99. The van der Waals surface area contributed by atoms with Gasteiger partial charge in [-0.2, -0.15) is 0 Å². The van der Waals surface area contributed by atoms with Crippen molar-refractivity contribution < 1.29 is 9.59 Å². The first-order chi connectivity index (χ1) is 14.0. The molecule has 29 heavy (non-hydrogen) atoms. The molecule has 1 aromatic heterocycles. The van der Waals surface area contributed by atoms with Crippen molar-refractivity contribution >= 4 is 17.5 Å². The van der Waals surface area contributed by atoms with Crippen LogP contribution in [0.5, 0.6) is 0 Å². The van der Waals surface area contributed by atoms with Gasteiger partial charge in [0.05, 0.1) is 18.3 Å². The summed E-state index contributed by atoms with van der Waals surface area (Å²) in [5.74, 6) is -1.26. The number of rotatable bonds is 7. The van der Waals surface area contributed by atoms with E-state index >= 15 is 0 Å². The van der Waals surface area contributed by atoms with Crippen LogP contribution in [0.25, 0.3) is 0 Å². The van der Waals surface area contributed by atoms with Crippen molar-refractivity contribution in [1.29, 1.82) is 0 Å². The summed E-state index contributed by atoms with van der Waals surface area (Å²) in [5, 5.41) is 5.43. The zero-order valence-electron chi connectivity index (χ0n) is 17.1. The van der Waals surface area contributed by atoms with Gasteiger partial charge in [-0.3, -0.25) is 19.5 Å². The summed E-state index contributed by atoms with van der Waals surface area (Å²) < 4.78 is 0. The number of anilines is 1. The Balaban J connectivity index is 1.59. The van der Waals surface area contributed by atoms with E-state index in [9.17, 15) is 9.59 Å². The lowest BCUT2D eigenvalue weighted by atomic mass is 10.0. The fourth-order valence-electron chi connectivity index (χ4n) is 3.53. The minimum Gasteiger partial charge on any atom is -0.378 e. The van der Waals surface area contributed by atoms with E-state index in [1.807, 2.05) is 26.2 Å². The molecule has 1 aliphatic rings. The van der Waals surface area contributed by atoms with Crippen LogP contribution in [0.1, 0.15) is 30.1 Å². The van der Waals surface area contributed by atoms with Gasteiger partial charge < -0.3 is 15.5 Å². The van der Waals surface area contributed by atoms with Crippen molar-refractivity contribution in [2.24, 2.45) is 0 Å². The van der Waals surface area contributed by atoms with Gasteiger partial charge in [-0.25, -0.2) is 0 Å². The Morgan fingerprint density at radius 3 is 2.34 bits per heavy atom. The third-order valence-electron chi connectivity index (χ3n) is 5.19. The molecule has 3 rings (SSSR count). The Morgan fingerprint density at radius 1 is 1.03 bits per heavy atom. The van der Waals surface area contributed by atoms with Gasteiger partial charge in [-0.1, -0.05) is 18.2 Å². The van der Waals surface area contributed by atoms with Gasteiger partial charge in [0.1, 0.15) is 0 Å². The Labute approximate surface area is 172 Å². The summed E-state index contributed by atoms with van der Waals surface area (Å²) in [6.45, 7) is 2.63. The standard InChI is InChI=1S/C22H29N5O2/c1-26(2)19-10-8-17(9-11-19)20(27-13-5-6-14-27)16-25-22(29)21(28)24-15-18-7-3-4-12-23-18/h3-4,7-12,20H,5-6,13-16H2,1-2H3,(H,24,28)(H,25,29)/t20-/m0/s1. The predicted molar refractivity (Wildman–Crippen MR) is 113 cm³/mol. The molecule has 154 valence electrons. The topological polar surface area (TPSA) is 77.6 Å². The van der Waals surface area contributed by atoms with Crippen LogP contribution < -0.4 is 15.5 Å². The van der Waals surface area contributed by atoms with E-state index in [2.05, 4.69) is 49.7 Å². The monoisotopic (exact) mass is 395 g/mol. The van der Waals surface area contributed by atoms with E-state index < -0.39 is 11.8 Å². The SMILES string of the molecule is CN(C)c1ccc([C@H](CNC(=O)C(=O)NCc2ccccn2)N2CCCC2)cc1. The lowest BCUT2D eigenvalue weighted by molar-refractivity contribution is -0.139. The van der Waals surface area contributed by atoms with Crippen LogP contribution in [0.2, 0.25) is 0 Å². The summed E-state index contributed by atoms with van der Waals surface area (Å²) in [7, 11) is 4.02. The van der Waals surface area contributed by atoms with Gasteiger partial charge in [-0.05, 0) is 55.8 Å². The van der Waals surface area contributed by atoms with Gasteiger partial charge >= 0.3 is 11.8 Å². The molecule has 2 amide bonds. The number of carbonyl (C=O) groups is 2. The van der Waals surface area contributed by atoms with Crippen molar-refractivity contribution in [3.05, 3.63) is 59.9 Å². The highest BCUT2D eigenvalue weighted by Gasteiger charge is 2.25. The second kappa shape index (κ2) is 10.0. The van der Waals surface area contributed by atoms with E-state index in [0.717, 1.165) is 37.2 Å². The smallest absolute Gasteiger partial charge is 0.309 e. The molecule has 7 heteroatoms. The summed E-state index contributed by atoms with van der Waals surface area (Å²) in [6, 6.07) is 13.9. The molecule has 7 nitrogen and oxygen atoms in total. The molecule has 0 radical (unpaired) electrons. The molecule has 1 aromatic carbocycles. The number of nitrogens with zero attached hydrogens (tertiary/aromatic N) is 3. The number of likely N-dealkylation sites (tertiary alicyclic amines) is 1. The second-order valence-corrected chi connectivity index (χ2v) is 7.46. The maximum absolute atomic E-state index is 12.3. The number of nitrogens with one attached hydrogen (secondary N) is 2. The molecule has 1 fully saturated rings. The molecule has 0 spiro atoms. The third-order valence-corrected chi connectivity index (χ3v) is 5.19. The maximum atomic E-state index is 12.3. The average Bonchev–Trinajstić information content (AvgIpc) is 3.27. The first kappa shape index (κ1) is 20.8. The molecule has 0 bridgehead atoms. The van der Waals surface area contributed by atoms with Gasteiger partial charge in [0.15, 0.2) is 0 Å². The van der Waals surface area contributed by atoms with E-state index in [-0.39, 0.29) is 12.6 Å². The third kappa shape index (κ3) is 5.77. The zero-order valence-corrected chi connectivity index (χ0v) is 17.1. The minimum atomic E-state index is -0.640. The van der Waals surface area contributed by atoms with Gasteiger partial charge in [0.2, 0.25) is 0 Å². The van der Waals surface area contributed by atoms with Crippen LogP contribution in [0.4, 0.5) is 5.69 Å². The number of amides is 2. The quantitative estimate of drug-likeness (QED) is 0.698. The Hall–Kier alpha value is -2.93. The summed E-state index contributed by atoms with van der Waals surface area (Å²) in [6.07, 6.45) is 3.97. The highest BCUT2D eigenvalue weighted by molar-refractivity contribution is 6.35. The predicted octanol–water partition coefficient (Wildman–Crippen LogP) is 1.72. The van der Waals surface area contributed by atoms with Gasteiger partial charge in [0.25, 0.3) is 0 Å². The highest BCUT2D eigenvalue weighted by Crippen LogP contribution is 2.26. The molecular weight excluding hydrogens is 366 g/mol. The average molecular weight is 396 g/mol. The molecule has 0 saturated carbocycles. The number of hydrogen-bond donors (Lipinski definition) is 2. The molecule has 0 aliphatic carbocycles. The van der Waals surface area contributed by atoms with Crippen LogP contribution in [-0.4, -0.2) is 55.4 Å². The Morgan fingerprint density at radius 2 is 1.72 bits per heavy atom. The van der Waals surface area contributed by atoms with Crippen molar-refractivity contribution in [2.75, 3.05) is 38.6 Å². The number of benzene rings is 1. The van der Waals surface area contributed by atoms with Gasteiger partial charge in [0, 0.05) is 32.5 Å². The first-order valence-electron chi connectivity index (χ1n) is 10.0. The second-order valence-electron chi connectivity index (χ2n) is 7.46. The minimum absolute atomic E-state index is 0.0567.